The van der Waals surface area contributed by atoms with Crippen LogP contribution in [0, 0.1) is 0 Å². The van der Waals surface area contributed by atoms with Gasteiger partial charge in [-0.15, -0.1) is 0 Å². The topological polar surface area (TPSA) is 42.5 Å². The quantitative estimate of drug-likeness (QED) is 0.338. The summed E-state index contributed by atoms with van der Waals surface area (Å²) >= 11 is 0. The number of hydrogen-bond donors (Lipinski definition) is 2. The molecule has 0 radical (unpaired) electrons. The van der Waals surface area contributed by atoms with Crippen LogP contribution in [0.3, 0.4) is 0 Å². The molecule has 0 aliphatic carbocycles. The van der Waals surface area contributed by atoms with E-state index >= 15 is 0 Å². The lowest BCUT2D eigenvalue weighted by molar-refractivity contribution is -0.142. The van der Waals surface area contributed by atoms with Gasteiger partial charge in [0.25, 0.3) is 0 Å². The first-order chi connectivity index (χ1) is 5.12. The smallest absolute Gasteiger partial charge is 0.149 e. The SMILES string of the molecule is CCOCOC(C)(C)NNC. The van der Waals surface area contributed by atoms with Crippen molar-refractivity contribution < 1.29 is 9.47 Å². The molecule has 0 rings (SSSR count). The normalized spacial score (nSPS) is 12.0. The molecule has 4 heteroatoms. The van der Waals surface area contributed by atoms with Gasteiger partial charge >= 0.3 is 0 Å². The highest BCUT2D eigenvalue weighted by Gasteiger charge is 2.15. The Bertz CT molecular complexity index is 96.4. The summed E-state index contributed by atoms with van der Waals surface area (Å²) in [4.78, 5) is 0. The van der Waals surface area contributed by atoms with E-state index in [0.717, 1.165) is 0 Å². The van der Waals surface area contributed by atoms with Crippen molar-refractivity contribution >= 4 is 0 Å². The van der Waals surface area contributed by atoms with E-state index in [1.807, 2.05) is 20.8 Å². The third-order valence-corrected chi connectivity index (χ3v) is 1.13. The first-order valence-electron chi connectivity index (χ1n) is 3.78. The number of rotatable bonds is 6. The minimum atomic E-state index is -0.385. The molecule has 0 saturated heterocycles. The Hall–Kier alpha value is -0.160. The van der Waals surface area contributed by atoms with Gasteiger partial charge in [0, 0.05) is 6.61 Å². The van der Waals surface area contributed by atoms with Crippen molar-refractivity contribution in [2.75, 3.05) is 20.4 Å². The lowest BCUT2D eigenvalue weighted by Crippen LogP contribution is -2.48. The van der Waals surface area contributed by atoms with Gasteiger partial charge in [-0.1, -0.05) is 0 Å². The Morgan fingerprint density at radius 3 is 2.45 bits per heavy atom. The zero-order valence-corrected chi connectivity index (χ0v) is 7.73. The van der Waals surface area contributed by atoms with Crippen molar-refractivity contribution in [2.45, 2.75) is 26.5 Å². The van der Waals surface area contributed by atoms with E-state index in [1.54, 1.807) is 7.05 Å². The first-order valence-corrected chi connectivity index (χ1v) is 3.78. The fourth-order valence-electron chi connectivity index (χ4n) is 0.609. The first kappa shape index (κ1) is 10.8. The summed E-state index contributed by atoms with van der Waals surface area (Å²) in [7, 11) is 1.80. The van der Waals surface area contributed by atoms with Crippen molar-refractivity contribution in [3.8, 4) is 0 Å². The average Bonchev–Trinajstić information content (AvgIpc) is 1.87. The Morgan fingerprint density at radius 1 is 1.36 bits per heavy atom. The van der Waals surface area contributed by atoms with Gasteiger partial charge in [0.15, 0.2) is 0 Å². The van der Waals surface area contributed by atoms with Crippen LogP contribution in [0.2, 0.25) is 0 Å². The molecule has 0 aliphatic heterocycles. The largest absolute Gasteiger partial charge is 0.356 e. The molecule has 0 aromatic rings. The summed E-state index contributed by atoms with van der Waals surface area (Å²) in [5, 5.41) is 0. The molecule has 0 atom stereocenters. The highest BCUT2D eigenvalue weighted by Crippen LogP contribution is 2.01. The van der Waals surface area contributed by atoms with Gasteiger partial charge in [0.05, 0.1) is 0 Å². The van der Waals surface area contributed by atoms with E-state index < -0.39 is 0 Å². The second-order valence-corrected chi connectivity index (χ2v) is 2.64. The summed E-state index contributed by atoms with van der Waals surface area (Å²) in [5.41, 5.74) is 5.35. The molecule has 68 valence electrons. The van der Waals surface area contributed by atoms with E-state index in [-0.39, 0.29) is 5.72 Å². The minimum Gasteiger partial charge on any atom is -0.356 e. The molecule has 2 N–H and O–H groups in total. The van der Waals surface area contributed by atoms with Crippen LogP contribution < -0.4 is 10.9 Å². The van der Waals surface area contributed by atoms with Crippen LogP contribution in [0.15, 0.2) is 0 Å². The molecular weight excluding hydrogens is 144 g/mol. The van der Waals surface area contributed by atoms with Gasteiger partial charge in [-0.2, -0.15) is 0 Å². The monoisotopic (exact) mass is 162 g/mol. The Kier molecular flexibility index (Phi) is 5.41. The van der Waals surface area contributed by atoms with Crippen LogP contribution in [-0.4, -0.2) is 26.2 Å². The Morgan fingerprint density at radius 2 is 2.00 bits per heavy atom. The number of nitrogens with one attached hydrogen (secondary N) is 2. The second-order valence-electron chi connectivity index (χ2n) is 2.64. The molecule has 0 aliphatic rings. The van der Waals surface area contributed by atoms with Crippen molar-refractivity contribution in [1.29, 1.82) is 0 Å². The van der Waals surface area contributed by atoms with Gasteiger partial charge in [-0.25, -0.2) is 5.43 Å². The van der Waals surface area contributed by atoms with E-state index in [1.165, 1.54) is 0 Å². The molecule has 11 heavy (non-hydrogen) atoms. The summed E-state index contributed by atoms with van der Waals surface area (Å²) in [6.45, 7) is 6.76. The van der Waals surface area contributed by atoms with Gasteiger partial charge in [0.1, 0.15) is 12.5 Å². The highest BCUT2D eigenvalue weighted by molar-refractivity contribution is 4.59. The van der Waals surface area contributed by atoms with Gasteiger partial charge in [-0.05, 0) is 27.8 Å². The van der Waals surface area contributed by atoms with Crippen molar-refractivity contribution in [2.24, 2.45) is 0 Å². The van der Waals surface area contributed by atoms with Crippen molar-refractivity contribution in [3.63, 3.8) is 0 Å². The lowest BCUT2D eigenvalue weighted by Gasteiger charge is -2.25. The zero-order valence-electron chi connectivity index (χ0n) is 7.73. The summed E-state index contributed by atoms with van der Waals surface area (Å²) in [5.74, 6) is 0. The molecule has 0 fully saturated rings. The van der Waals surface area contributed by atoms with E-state index in [0.29, 0.717) is 13.4 Å². The number of ether oxygens (including phenoxy) is 2. The summed E-state index contributed by atoms with van der Waals surface area (Å²) < 4.78 is 10.3. The third-order valence-electron chi connectivity index (χ3n) is 1.13. The van der Waals surface area contributed by atoms with E-state index in [4.69, 9.17) is 9.47 Å². The predicted octanol–water partition coefficient (Wildman–Crippen LogP) is 0.457. The summed E-state index contributed by atoms with van der Waals surface area (Å²) in [6.07, 6.45) is 0. The van der Waals surface area contributed by atoms with Gasteiger partial charge in [-0.3, -0.25) is 5.43 Å². The highest BCUT2D eigenvalue weighted by atomic mass is 16.7. The van der Waals surface area contributed by atoms with Crippen LogP contribution >= 0.6 is 0 Å². The predicted molar refractivity (Wildman–Crippen MR) is 43.9 cm³/mol. The standard InChI is InChI=1S/C7H18N2O2/c1-5-10-6-11-7(2,3)9-8-4/h8-9H,5-6H2,1-4H3. The maximum atomic E-state index is 5.31. The molecule has 0 saturated carbocycles. The van der Waals surface area contributed by atoms with Crippen LogP contribution in [0.25, 0.3) is 0 Å². The van der Waals surface area contributed by atoms with Crippen LogP contribution in [0.4, 0.5) is 0 Å². The third kappa shape index (κ3) is 6.25. The fourth-order valence-corrected chi connectivity index (χ4v) is 0.609. The van der Waals surface area contributed by atoms with Crippen molar-refractivity contribution in [1.82, 2.24) is 10.9 Å². The second kappa shape index (κ2) is 5.49. The minimum absolute atomic E-state index is 0.318. The molecule has 0 amide bonds. The van der Waals surface area contributed by atoms with Crippen LogP contribution in [0.1, 0.15) is 20.8 Å². The van der Waals surface area contributed by atoms with Gasteiger partial charge < -0.3 is 9.47 Å². The fraction of sp³-hybridized carbons (Fsp3) is 1.00. The molecule has 0 aromatic carbocycles. The molecule has 0 bridgehead atoms. The molecule has 0 heterocycles. The average molecular weight is 162 g/mol. The number of hydrogen-bond acceptors (Lipinski definition) is 4. The van der Waals surface area contributed by atoms with Crippen molar-refractivity contribution in [3.05, 3.63) is 0 Å². The number of hydrazine groups is 1. The van der Waals surface area contributed by atoms with E-state index in [9.17, 15) is 0 Å². The molecule has 0 aromatic heterocycles. The molecule has 4 nitrogen and oxygen atoms in total. The summed E-state index contributed by atoms with van der Waals surface area (Å²) in [6, 6.07) is 0. The Labute approximate surface area is 68.2 Å². The maximum Gasteiger partial charge on any atom is 0.149 e. The molecule has 0 spiro atoms. The molecule has 0 unspecified atom stereocenters. The Balaban J connectivity index is 3.38. The zero-order chi connectivity index (χ0) is 8.74. The van der Waals surface area contributed by atoms with Crippen LogP contribution in [0.5, 0.6) is 0 Å². The van der Waals surface area contributed by atoms with Gasteiger partial charge in [0.2, 0.25) is 0 Å². The maximum absolute atomic E-state index is 5.31. The molecular formula is C7H18N2O2. The van der Waals surface area contributed by atoms with Crippen LogP contribution in [-0.2, 0) is 9.47 Å². The van der Waals surface area contributed by atoms with E-state index in [2.05, 4.69) is 10.9 Å². The lowest BCUT2D eigenvalue weighted by atomic mass is 10.3.